The van der Waals surface area contributed by atoms with Crippen LogP contribution in [0.1, 0.15) is 27.2 Å². The quantitative estimate of drug-likeness (QED) is 0.715. The summed E-state index contributed by atoms with van der Waals surface area (Å²) in [6, 6.07) is 0. The Morgan fingerprint density at radius 1 is 1.56 bits per heavy atom. The number of hydrogen-bond acceptors (Lipinski definition) is 3. The van der Waals surface area contributed by atoms with Gasteiger partial charge in [0.05, 0.1) is 18.1 Å². The molecule has 0 aliphatic carbocycles. The van der Waals surface area contributed by atoms with Crippen molar-refractivity contribution < 1.29 is 9.53 Å². The Hall–Kier alpha value is -0.320. The van der Waals surface area contributed by atoms with Crippen molar-refractivity contribution in [1.82, 2.24) is 10.6 Å². The summed E-state index contributed by atoms with van der Waals surface area (Å²) < 4.78 is 5.36. The summed E-state index contributed by atoms with van der Waals surface area (Å²) in [4.78, 5) is 11.8. The van der Waals surface area contributed by atoms with Crippen molar-refractivity contribution in [3.8, 4) is 0 Å². The van der Waals surface area contributed by atoms with Crippen molar-refractivity contribution in [2.75, 3.05) is 26.2 Å². The molecule has 0 aromatic rings. The van der Waals surface area contributed by atoms with Crippen LogP contribution in [0.3, 0.4) is 0 Å². The van der Waals surface area contributed by atoms with Crippen LogP contribution in [0.25, 0.3) is 0 Å². The summed E-state index contributed by atoms with van der Waals surface area (Å²) in [7, 11) is 0. The van der Waals surface area contributed by atoms with Crippen molar-refractivity contribution in [3.63, 3.8) is 0 Å². The van der Waals surface area contributed by atoms with Gasteiger partial charge >= 0.3 is 0 Å². The number of amides is 1. The van der Waals surface area contributed by atoms with Crippen LogP contribution in [0.2, 0.25) is 0 Å². The zero-order valence-corrected chi connectivity index (χ0v) is 11.2. The number of hydrogen-bond donors (Lipinski definition) is 2. The van der Waals surface area contributed by atoms with E-state index in [2.05, 4.69) is 10.6 Å². The molecule has 2 N–H and O–H groups in total. The van der Waals surface area contributed by atoms with Crippen LogP contribution in [0, 0.1) is 5.41 Å². The lowest BCUT2D eigenvalue weighted by molar-refractivity contribution is -0.129. The van der Waals surface area contributed by atoms with Gasteiger partial charge in [0.2, 0.25) is 5.91 Å². The molecule has 1 heterocycles. The second-order valence-electron chi connectivity index (χ2n) is 4.66. The first kappa shape index (κ1) is 15.7. The molecule has 16 heavy (non-hydrogen) atoms. The Morgan fingerprint density at radius 3 is 2.75 bits per heavy atom. The van der Waals surface area contributed by atoms with E-state index in [-0.39, 0.29) is 29.8 Å². The molecular weight excluding hydrogens is 228 g/mol. The fourth-order valence-electron chi connectivity index (χ4n) is 1.68. The largest absolute Gasteiger partial charge is 0.377 e. The van der Waals surface area contributed by atoms with E-state index >= 15 is 0 Å². The van der Waals surface area contributed by atoms with Crippen molar-refractivity contribution in [2.45, 2.75) is 33.3 Å². The predicted octanol–water partition coefficient (Wildman–Crippen LogP) is 0.949. The first-order valence-corrected chi connectivity index (χ1v) is 5.65. The normalized spacial score (nSPS) is 24.2. The Balaban J connectivity index is 0.00000225. The SMILES string of the molecule is CC(C)OCCNC(=O)C1(C)CCNC1.Cl. The van der Waals surface area contributed by atoms with E-state index in [4.69, 9.17) is 4.74 Å². The van der Waals surface area contributed by atoms with Gasteiger partial charge < -0.3 is 15.4 Å². The monoisotopic (exact) mass is 250 g/mol. The first-order chi connectivity index (χ1) is 7.04. The number of nitrogens with one attached hydrogen (secondary N) is 2. The van der Waals surface area contributed by atoms with E-state index in [1.165, 1.54) is 0 Å². The topological polar surface area (TPSA) is 50.4 Å². The zero-order valence-electron chi connectivity index (χ0n) is 10.3. The van der Waals surface area contributed by atoms with Crippen LogP contribution >= 0.6 is 12.4 Å². The average molecular weight is 251 g/mol. The average Bonchev–Trinajstić information content (AvgIpc) is 2.60. The number of carbonyl (C=O) groups excluding carboxylic acids is 1. The Kier molecular flexibility index (Phi) is 6.95. The summed E-state index contributed by atoms with van der Waals surface area (Å²) in [6.07, 6.45) is 1.15. The maximum absolute atomic E-state index is 11.8. The van der Waals surface area contributed by atoms with Crippen LogP contribution in [0.4, 0.5) is 0 Å². The second kappa shape index (κ2) is 7.09. The molecule has 4 nitrogen and oxygen atoms in total. The summed E-state index contributed by atoms with van der Waals surface area (Å²) in [6.45, 7) is 8.90. The van der Waals surface area contributed by atoms with Gasteiger partial charge in [0, 0.05) is 13.1 Å². The van der Waals surface area contributed by atoms with Gasteiger partial charge in [-0.05, 0) is 33.7 Å². The third-order valence-corrected chi connectivity index (χ3v) is 2.76. The van der Waals surface area contributed by atoms with E-state index in [9.17, 15) is 4.79 Å². The van der Waals surface area contributed by atoms with Crippen LogP contribution in [-0.4, -0.2) is 38.3 Å². The molecular formula is C11H23ClN2O2. The highest BCUT2D eigenvalue weighted by Crippen LogP contribution is 2.24. The molecule has 1 aliphatic rings. The minimum absolute atomic E-state index is 0. The maximum Gasteiger partial charge on any atom is 0.227 e. The lowest BCUT2D eigenvalue weighted by Crippen LogP contribution is -2.41. The molecule has 1 unspecified atom stereocenters. The van der Waals surface area contributed by atoms with Crippen molar-refractivity contribution in [1.29, 1.82) is 0 Å². The number of carbonyl (C=O) groups is 1. The standard InChI is InChI=1S/C11H22N2O2.ClH/c1-9(2)15-7-6-13-10(14)11(3)4-5-12-8-11;/h9,12H,4-8H2,1-3H3,(H,13,14);1H. The molecule has 1 aliphatic heterocycles. The number of halogens is 1. The first-order valence-electron chi connectivity index (χ1n) is 5.65. The minimum atomic E-state index is -0.224. The molecule has 96 valence electrons. The van der Waals surface area contributed by atoms with Crippen LogP contribution < -0.4 is 10.6 Å². The van der Waals surface area contributed by atoms with Crippen molar-refractivity contribution in [2.24, 2.45) is 5.41 Å². The molecule has 1 atom stereocenters. The number of rotatable bonds is 5. The lowest BCUT2D eigenvalue weighted by atomic mass is 9.89. The van der Waals surface area contributed by atoms with Gasteiger partial charge in [-0.15, -0.1) is 12.4 Å². The molecule has 0 spiro atoms. The third kappa shape index (κ3) is 4.68. The molecule has 0 aromatic heterocycles. The van der Waals surface area contributed by atoms with Gasteiger partial charge in [0.25, 0.3) is 0 Å². The molecule has 0 bridgehead atoms. The molecule has 0 radical (unpaired) electrons. The molecule has 5 heteroatoms. The highest BCUT2D eigenvalue weighted by Gasteiger charge is 2.35. The van der Waals surface area contributed by atoms with E-state index in [1.807, 2.05) is 20.8 Å². The number of ether oxygens (including phenoxy) is 1. The maximum atomic E-state index is 11.8. The predicted molar refractivity (Wildman–Crippen MR) is 66.9 cm³/mol. The lowest BCUT2D eigenvalue weighted by Gasteiger charge is -2.21. The highest BCUT2D eigenvalue weighted by atomic mass is 35.5. The highest BCUT2D eigenvalue weighted by molar-refractivity contribution is 5.85. The fraction of sp³-hybridized carbons (Fsp3) is 0.909. The second-order valence-corrected chi connectivity index (χ2v) is 4.66. The van der Waals surface area contributed by atoms with Gasteiger partial charge in [-0.2, -0.15) is 0 Å². The van der Waals surface area contributed by atoms with Gasteiger partial charge in [0.1, 0.15) is 0 Å². The molecule has 1 rings (SSSR count). The van der Waals surface area contributed by atoms with Gasteiger partial charge in [-0.25, -0.2) is 0 Å². The Bertz CT molecular complexity index is 216. The van der Waals surface area contributed by atoms with E-state index in [0.717, 1.165) is 19.5 Å². The summed E-state index contributed by atoms with van der Waals surface area (Å²) >= 11 is 0. The summed E-state index contributed by atoms with van der Waals surface area (Å²) in [5.41, 5.74) is -0.224. The van der Waals surface area contributed by atoms with Crippen molar-refractivity contribution >= 4 is 18.3 Å². The molecule has 1 saturated heterocycles. The van der Waals surface area contributed by atoms with Crippen LogP contribution in [-0.2, 0) is 9.53 Å². The van der Waals surface area contributed by atoms with E-state index in [1.54, 1.807) is 0 Å². The Labute approximate surface area is 104 Å². The van der Waals surface area contributed by atoms with Crippen LogP contribution in [0.15, 0.2) is 0 Å². The van der Waals surface area contributed by atoms with Crippen LogP contribution in [0.5, 0.6) is 0 Å². The van der Waals surface area contributed by atoms with Gasteiger partial charge in [-0.3, -0.25) is 4.79 Å². The zero-order chi connectivity index (χ0) is 11.3. The summed E-state index contributed by atoms with van der Waals surface area (Å²) in [5, 5.41) is 6.13. The van der Waals surface area contributed by atoms with Gasteiger partial charge in [-0.1, -0.05) is 0 Å². The minimum Gasteiger partial charge on any atom is -0.377 e. The van der Waals surface area contributed by atoms with Gasteiger partial charge in [0.15, 0.2) is 0 Å². The fourth-order valence-corrected chi connectivity index (χ4v) is 1.68. The summed E-state index contributed by atoms with van der Waals surface area (Å²) in [5.74, 6) is 0.139. The molecule has 0 saturated carbocycles. The molecule has 1 amide bonds. The van der Waals surface area contributed by atoms with E-state index in [0.29, 0.717) is 13.2 Å². The molecule has 0 aromatic carbocycles. The third-order valence-electron chi connectivity index (χ3n) is 2.76. The van der Waals surface area contributed by atoms with Crippen molar-refractivity contribution in [3.05, 3.63) is 0 Å². The Morgan fingerprint density at radius 2 is 2.25 bits per heavy atom. The molecule has 1 fully saturated rings. The smallest absolute Gasteiger partial charge is 0.227 e. The van der Waals surface area contributed by atoms with E-state index < -0.39 is 0 Å².